The van der Waals surface area contributed by atoms with Crippen molar-refractivity contribution in [3.05, 3.63) is 29.3 Å². The Morgan fingerprint density at radius 2 is 1.73 bits per heavy atom. The van der Waals surface area contributed by atoms with E-state index in [-0.39, 0.29) is 29.5 Å². The topological polar surface area (TPSA) is 61.4 Å². The lowest BCUT2D eigenvalue weighted by Gasteiger charge is -2.35. The van der Waals surface area contributed by atoms with Crippen LogP contribution in [-0.2, 0) is 9.59 Å². The SMILES string of the molecule is CC(C)N1CCC(c2c(F)cc(NC3CCC(=O)NC3=O)cc2F)CC1. The van der Waals surface area contributed by atoms with Gasteiger partial charge in [-0.2, -0.15) is 0 Å². The number of amides is 2. The van der Waals surface area contributed by atoms with Crippen molar-refractivity contribution in [2.24, 2.45) is 0 Å². The van der Waals surface area contributed by atoms with Crippen LogP contribution >= 0.6 is 0 Å². The summed E-state index contributed by atoms with van der Waals surface area (Å²) in [5.74, 6) is -2.08. The Morgan fingerprint density at radius 1 is 1.12 bits per heavy atom. The number of imide groups is 1. The molecule has 3 rings (SSSR count). The number of nitrogens with one attached hydrogen (secondary N) is 2. The fourth-order valence-electron chi connectivity index (χ4n) is 3.79. The van der Waals surface area contributed by atoms with E-state index >= 15 is 0 Å². The van der Waals surface area contributed by atoms with Crippen LogP contribution in [0.3, 0.4) is 0 Å². The maximum atomic E-state index is 14.6. The minimum Gasteiger partial charge on any atom is -0.373 e. The molecule has 1 aromatic carbocycles. The number of hydrogen-bond acceptors (Lipinski definition) is 4. The molecule has 2 amide bonds. The summed E-state index contributed by atoms with van der Waals surface area (Å²) < 4.78 is 29.2. The van der Waals surface area contributed by atoms with Gasteiger partial charge in [0.1, 0.15) is 17.7 Å². The molecule has 2 heterocycles. The molecule has 0 aliphatic carbocycles. The van der Waals surface area contributed by atoms with Crippen LogP contribution in [0.1, 0.15) is 51.0 Å². The predicted octanol–water partition coefficient (Wildman–Crippen LogP) is 2.77. The van der Waals surface area contributed by atoms with Crippen molar-refractivity contribution in [1.82, 2.24) is 10.2 Å². The number of carbonyl (C=O) groups is 2. The zero-order chi connectivity index (χ0) is 18.8. The van der Waals surface area contributed by atoms with E-state index < -0.39 is 23.6 Å². The van der Waals surface area contributed by atoms with Crippen molar-refractivity contribution in [1.29, 1.82) is 0 Å². The second-order valence-electron chi connectivity index (χ2n) is 7.41. The molecule has 2 N–H and O–H groups in total. The third-order valence-corrected chi connectivity index (χ3v) is 5.33. The van der Waals surface area contributed by atoms with Crippen molar-refractivity contribution >= 4 is 17.5 Å². The van der Waals surface area contributed by atoms with Gasteiger partial charge in [-0.3, -0.25) is 14.9 Å². The van der Waals surface area contributed by atoms with Gasteiger partial charge in [0, 0.05) is 23.7 Å². The zero-order valence-electron chi connectivity index (χ0n) is 15.1. The van der Waals surface area contributed by atoms with Crippen molar-refractivity contribution in [3.8, 4) is 0 Å². The number of hydrogen-bond donors (Lipinski definition) is 2. The quantitative estimate of drug-likeness (QED) is 0.806. The van der Waals surface area contributed by atoms with E-state index in [1.54, 1.807) is 0 Å². The highest BCUT2D eigenvalue weighted by molar-refractivity contribution is 6.01. The van der Waals surface area contributed by atoms with Crippen molar-refractivity contribution in [3.63, 3.8) is 0 Å². The van der Waals surface area contributed by atoms with Crippen LogP contribution in [0.4, 0.5) is 14.5 Å². The second-order valence-corrected chi connectivity index (χ2v) is 7.41. The molecule has 0 aromatic heterocycles. The first kappa shape index (κ1) is 18.8. The summed E-state index contributed by atoms with van der Waals surface area (Å²) in [6.07, 6.45) is 1.97. The van der Waals surface area contributed by atoms with Gasteiger partial charge in [-0.05, 0) is 64.3 Å². The minimum absolute atomic E-state index is 0.130. The average molecular weight is 365 g/mol. The first-order valence-corrected chi connectivity index (χ1v) is 9.18. The number of rotatable bonds is 4. The highest BCUT2D eigenvalue weighted by Crippen LogP contribution is 2.34. The largest absolute Gasteiger partial charge is 0.373 e. The zero-order valence-corrected chi connectivity index (χ0v) is 15.1. The Labute approximate surface area is 152 Å². The Kier molecular flexibility index (Phi) is 5.55. The third-order valence-electron chi connectivity index (χ3n) is 5.33. The summed E-state index contributed by atoms with van der Waals surface area (Å²) in [6, 6.07) is 2.27. The van der Waals surface area contributed by atoms with Gasteiger partial charge in [-0.15, -0.1) is 0 Å². The molecule has 26 heavy (non-hydrogen) atoms. The van der Waals surface area contributed by atoms with Crippen LogP contribution in [0, 0.1) is 11.6 Å². The molecular weight excluding hydrogens is 340 g/mol. The summed E-state index contributed by atoms with van der Waals surface area (Å²) >= 11 is 0. The molecule has 5 nitrogen and oxygen atoms in total. The lowest BCUT2D eigenvalue weighted by atomic mass is 9.88. The Morgan fingerprint density at radius 3 is 2.27 bits per heavy atom. The molecule has 7 heteroatoms. The average Bonchev–Trinajstić information content (AvgIpc) is 2.57. The number of piperidine rings is 2. The van der Waals surface area contributed by atoms with Crippen molar-refractivity contribution in [2.45, 2.75) is 57.5 Å². The highest BCUT2D eigenvalue weighted by Gasteiger charge is 2.29. The standard InChI is InChI=1S/C19H25F2N3O2/c1-11(2)24-7-5-12(6-8-24)18-14(20)9-13(10-15(18)21)22-16-3-4-17(25)23-19(16)26/h9-12,16,22H,3-8H2,1-2H3,(H,23,25,26). The number of halogens is 2. The van der Waals surface area contributed by atoms with Gasteiger partial charge >= 0.3 is 0 Å². The summed E-state index contributed by atoms with van der Waals surface area (Å²) in [6.45, 7) is 5.91. The molecule has 2 aliphatic rings. The highest BCUT2D eigenvalue weighted by atomic mass is 19.1. The molecule has 2 saturated heterocycles. The monoisotopic (exact) mass is 365 g/mol. The van der Waals surface area contributed by atoms with E-state index in [4.69, 9.17) is 0 Å². The molecule has 0 spiro atoms. The second kappa shape index (κ2) is 7.70. The summed E-state index contributed by atoms with van der Waals surface area (Å²) in [4.78, 5) is 25.3. The molecule has 0 bridgehead atoms. The lowest BCUT2D eigenvalue weighted by molar-refractivity contribution is -0.133. The van der Waals surface area contributed by atoms with Gasteiger partial charge in [0.25, 0.3) is 0 Å². The molecule has 2 aliphatic heterocycles. The number of anilines is 1. The first-order chi connectivity index (χ1) is 12.3. The van der Waals surface area contributed by atoms with E-state index in [0.29, 0.717) is 12.5 Å². The molecular formula is C19H25F2N3O2. The number of likely N-dealkylation sites (tertiary alicyclic amines) is 1. The van der Waals surface area contributed by atoms with Crippen LogP contribution in [0.15, 0.2) is 12.1 Å². The van der Waals surface area contributed by atoms with Gasteiger partial charge in [0.05, 0.1) is 0 Å². The normalized spacial score (nSPS) is 22.6. The van der Waals surface area contributed by atoms with E-state index in [1.807, 2.05) is 0 Å². The van der Waals surface area contributed by atoms with Crippen LogP contribution in [-0.4, -0.2) is 41.9 Å². The predicted molar refractivity (Wildman–Crippen MR) is 94.8 cm³/mol. The maximum Gasteiger partial charge on any atom is 0.249 e. The molecule has 0 saturated carbocycles. The van der Waals surface area contributed by atoms with Crippen molar-refractivity contribution < 1.29 is 18.4 Å². The van der Waals surface area contributed by atoms with E-state index in [2.05, 4.69) is 29.4 Å². The number of carbonyl (C=O) groups excluding carboxylic acids is 2. The Hall–Kier alpha value is -2.02. The minimum atomic E-state index is -0.661. The molecule has 1 aromatic rings. The van der Waals surface area contributed by atoms with Gasteiger partial charge in [-0.25, -0.2) is 8.78 Å². The Balaban J connectivity index is 1.71. The van der Waals surface area contributed by atoms with Gasteiger partial charge in [-0.1, -0.05) is 0 Å². The summed E-state index contributed by atoms with van der Waals surface area (Å²) in [5, 5.41) is 5.06. The van der Waals surface area contributed by atoms with Gasteiger partial charge < -0.3 is 10.2 Å². The van der Waals surface area contributed by atoms with E-state index in [1.165, 1.54) is 12.1 Å². The first-order valence-electron chi connectivity index (χ1n) is 9.18. The summed E-state index contributed by atoms with van der Waals surface area (Å²) in [5.41, 5.74) is 0.361. The van der Waals surface area contributed by atoms with Crippen molar-refractivity contribution in [2.75, 3.05) is 18.4 Å². The molecule has 142 valence electrons. The van der Waals surface area contributed by atoms with Crippen LogP contribution in [0.2, 0.25) is 0 Å². The maximum absolute atomic E-state index is 14.6. The smallest absolute Gasteiger partial charge is 0.249 e. The number of nitrogens with zero attached hydrogens (tertiary/aromatic N) is 1. The molecule has 2 fully saturated rings. The summed E-state index contributed by atoms with van der Waals surface area (Å²) in [7, 11) is 0. The number of benzene rings is 1. The van der Waals surface area contributed by atoms with E-state index in [0.717, 1.165) is 25.9 Å². The van der Waals surface area contributed by atoms with Crippen LogP contribution < -0.4 is 10.6 Å². The van der Waals surface area contributed by atoms with Gasteiger partial charge in [0.2, 0.25) is 11.8 Å². The fraction of sp³-hybridized carbons (Fsp3) is 0.579. The van der Waals surface area contributed by atoms with E-state index in [9.17, 15) is 18.4 Å². The Bertz CT molecular complexity index is 677. The molecule has 1 atom stereocenters. The van der Waals surface area contributed by atoms with Crippen LogP contribution in [0.5, 0.6) is 0 Å². The fourth-order valence-corrected chi connectivity index (χ4v) is 3.79. The molecule has 1 unspecified atom stereocenters. The third kappa shape index (κ3) is 4.03. The van der Waals surface area contributed by atoms with Crippen LogP contribution in [0.25, 0.3) is 0 Å². The lowest BCUT2D eigenvalue weighted by Crippen LogP contribution is -2.47. The molecule has 0 radical (unpaired) electrons. The van der Waals surface area contributed by atoms with Gasteiger partial charge in [0.15, 0.2) is 0 Å².